The van der Waals surface area contributed by atoms with Crippen LogP contribution in [0.1, 0.15) is 18.4 Å². The fourth-order valence-electron chi connectivity index (χ4n) is 2.69. The van der Waals surface area contributed by atoms with Crippen molar-refractivity contribution in [2.75, 3.05) is 11.9 Å². The fraction of sp³-hybridized carbons (Fsp3) is 0.375. The van der Waals surface area contributed by atoms with Gasteiger partial charge in [0.15, 0.2) is 0 Å². The molecule has 2 heteroatoms. The summed E-state index contributed by atoms with van der Waals surface area (Å²) in [6.07, 6.45) is 2.33. The molecule has 0 aliphatic heterocycles. The molecule has 0 aromatic heterocycles. The number of aryl methyl sites for hydroxylation is 1. The largest absolute Gasteiger partial charge is 0.385 e. The van der Waals surface area contributed by atoms with Crippen LogP contribution in [0.3, 0.4) is 0 Å². The molecule has 0 radical (unpaired) electrons. The van der Waals surface area contributed by atoms with Crippen molar-refractivity contribution < 1.29 is 0 Å². The molecule has 2 nitrogen and oxygen atoms in total. The summed E-state index contributed by atoms with van der Waals surface area (Å²) in [5.41, 5.74) is 8.32. The molecule has 2 aromatic rings. The average molecular weight is 240 g/mol. The van der Waals surface area contributed by atoms with Crippen LogP contribution in [-0.4, -0.2) is 12.6 Å². The number of nitrogens with one attached hydrogen (secondary N) is 1. The van der Waals surface area contributed by atoms with E-state index in [-0.39, 0.29) is 0 Å². The predicted octanol–water partition coefficient (Wildman–Crippen LogP) is 3.30. The maximum absolute atomic E-state index is 5.80. The second-order valence-electron chi connectivity index (χ2n) is 5.54. The van der Waals surface area contributed by atoms with Crippen LogP contribution >= 0.6 is 0 Å². The Kier molecular flexibility index (Phi) is 2.96. The topological polar surface area (TPSA) is 38.0 Å². The van der Waals surface area contributed by atoms with Crippen LogP contribution in [0.25, 0.3) is 10.8 Å². The zero-order chi connectivity index (χ0) is 12.5. The second-order valence-corrected chi connectivity index (χ2v) is 5.54. The smallest absolute Gasteiger partial charge is 0.0346 e. The van der Waals surface area contributed by atoms with E-state index < -0.39 is 0 Å². The van der Waals surface area contributed by atoms with Gasteiger partial charge in [0.2, 0.25) is 0 Å². The summed E-state index contributed by atoms with van der Waals surface area (Å²) in [6.45, 7) is 3.18. The Morgan fingerprint density at radius 1 is 1.11 bits per heavy atom. The molecule has 1 saturated carbocycles. The molecule has 0 heterocycles. The Hall–Kier alpha value is -1.54. The van der Waals surface area contributed by atoms with Crippen molar-refractivity contribution in [1.82, 2.24) is 0 Å². The van der Waals surface area contributed by atoms with E-state index >= 15 is 0 Å². The first-order valence-corrected chi connectivity index (χ1v) is 6.70. The van der Waals surface area contributed by atoms with Crippen molar-refractivity contribution in [3.05, 3.63) is 42.0 Å². The van der Waals surface area contributed by atoms with Gasteiger partial charge in [-0.1, -0.05) is 29.8 Å². The number of benzene rings is 2. The van der Waals surface area contributed by atoms with Crippen LogP contribution in [0.5, 0.6) is 0 Å². The van der Waals surface area contributed by atoms with E-state index in [4.69, 9.17) is 5.73 Å². The van der Waals surface area contributed by atoms with Crippen molar-refractivity contribution in [3.63, 3.8) is 0 Å². The zero-order valence-electron chi connectivity index (χ0n) is 10.8. The Balaban J connectivity index is 1.71. The first-order valence-electron chi connectivity index (χ1n) is 6.70. The monoisotopic (exact) mass is 240 g/mol. The Labute approximate surface area is 108 Å². The first kappa shape index (κ1) is 11.5. The van der Waals surface area contributed by atoms with Crippen molar-refractivity contribution in [2.45, 2.75) is 25.8 Å². The van der Waals surface area contributed by atoms with Gasteiger partial charge in [-0.05, 0) is 48.6 Å². The Morgan fingerprint density at radius 3 is 2.61 bits per heavy atom. The van der Waals surface area contributed by atoms with Gasteiger partial charge in [-0.15, -0.1) is 0 Å². The minimum absolute atomic E-state index is 0.441. The molecular weight excluding hydrogens is 220 g/mol. The lowest BCUT2D eigenvalue weighted by Crippen LogP contribution is -2.39. The third-order valence-corrected chi connectivity index (χ3v) is 3.86. The minimum atomic E-state index is 0.441. The molecule has 1 aliphatic rings. The molecule has 2 aromatic carbocycles. The molecule has 0 amide bonds. The van der Waals surface area contributed by atoms with Crippen molar-refractivity contribution in [3.8, 4) is 0 Å². The number of rotatable bonds is 3. The minimum Gasteiger partial charge on any atom is -0.385 e. The van der Waals surface area contributed by atoms with E-state index in [0.29, 0.717) is 6.04 Å². The summed E-state index contributed by atoms with van der Waals surface area (Å²) < 4.78 is 0. The van der Waals surface area contributed by atoms with E-state index in [0.717, 1.165) is 12.5 Å². The van der Waals surface area contributed by atoms with Crippen molar-refractivity contribution in [1.29, 1.82) is 0 Å². The van der Waals surface area contributed by atoms with Gasteiger partial charge in [-0.2, -0.15) is 0 Å². The van der Waals surface area contributed by atoms with Gasteiger partial charge >= 0.3 is 0 Å². The van der Waals surface area contributed by atoms with Gasteiger partial charge in [-0.25, -0.2) is 0 Å². The fourth-order valence-corrected chi connectivity index (χ4v) is 2.69. The van der Waals surface area contributed by atoms with Crippen LogP contribution in [0, 0.1) is 12.8 Å². The summed E-state index contributed by atoms with van der Waals surface area (Å²) in [7, 11) is 0. The molecule has 0 atom stereocenters. The van der Waals surface area contributed by atoms with Gasteiger partial charge in [0.1, 0.15) is 0 Å². The summed E-state index contributed by atoms with van der Waals surface area (Å²) in [5, 5.41) is 6.13. The summed E-state index contributed by atoms with van der Waals surface area (Å²) in [4.78, 5) is 0. The standard InChI is InChI=1S/C16H20N2/c1-11-2-3-14-9-16(5-4-13(14)6-11)18-10-12-7-15(17)8-12/h2-6,9,12,15,18H,7-8,10,17H2,1H3. The van der Waals surface area contributed by atoms with Gasteiger partial charge in [0, 0.05) is 18.3 Å². The van der Waals surface area contributed by atoms with Crippen molar-refractivity contribution >= 4 is 16.5 Å². The molecule has 0 unspecified atom stereocenters. The molecule has 1 aliphatic carbocycles. The predicted molar refractivity (Wildman–Crippen MR) is 77.9 cm³/mol. The highest BCUT2D eigenvalue weighted by molar-refractivity contribution is 5.86. The normalized spacial score (nSPS) is 22.8. The second kappa shape index (κ2) is 4.62. The van der Waals surface area contributed by atoms with Crippen LogP contribution in [0.15, 0.2) is 36.4 Å². The maximum Gasteiger partial charge on any atom is 0.0346 e. The number of nitrogens with two attached hydrogens (primary N) is 1. The summed E-state index contributed by atoms with van der Waals surface area (Å²) in [6, 6.07) is 13.6. The van der Waals surface area contributed by atoms with Crippen LogP contribution in [-0.2, 0) is 0 Å². The molecule has 1 fully saturated rings. The van der Waals surface area contributed by atoms with Gasteiger partial charge in [0.25, 0.3) is 0 Å². The molecule has 0 bridgehead atoms. The quantitative estimate of drug-likeness (QED) is 0.864. The molecule has 0 spiro atoms. The van der Waals surface area contributed by atoms with Crippen LogP contribution in [0.4, 0.5) is 5.69 Å². The van der Waals surface area contributed by atoms with Crippen molar-refractivity contribution in [2.24, 2.45) is 11.7 Å². The molecular formula is C16H20N2. The number of hydrogen-bond acceptors (Lipinski definition) is 2. The van der Waals surface area contributed by atoms with E-state index in [2.05, 4.69) is 48.6 Å². The zero-order valence-corrected chi connectivity index (χ0v) is 10.8. The van der Waals surface area contributed by atoms with E-state index in [1.54, 1.807) is 0 Å². The third kappa shape index (κ3) is 2.34. The maximum atomic E-state index is 5.80. The molecule has 94 valence electrons. The number of fused-ring (bicyclic) bond motifs is 1. The summed E-state index contributed by atoms with van der Waals surface area (Å²) >= 11 is 0. The highest BCUT2D eigenvalue weighted by Gasteiger charge is 2.25. The SMILES string of the molecule is Cc1ccc2cc(NCC3CC(N)C3)ccc2c1. The number of anilines is 1. The molecule has 0 saturated heterocycles. The van der Waals surface area contributed by atoms with Gasteiger partial charge in [-0.3, -0.25) is 0 Å². The Bertz CT molecular complexity index is 556. The highest BCUT2D eigenvalue weighted by Crippen LogP contribution is 2.26. The van der Waals surface area contributed by atoms with E-state index in [1.807, 2.05) is 0 Å². The lowest BCUT2D eigenvalue weighted by atomic mass is 9.81. The molecule has 3 N–H and O–H groups in total. The van der Waals surface area contributed by atoms with Crippen LogP contribution < -0.4 is 11.1 Å². The Morgan fingerprint density at radius 2 is 1.83 bits per heavy atom. The highest BCUT2D eigenvalue weighted by atomic mass is 14.9. The molecule has 3 rings (SSSR count). The third-order valence-electron chi connectivity index (χ3n) is 3.86. The average Bonchev–Trinajstić information content (AvgIpc) is 2.33. The molecule has 18 heavy (non-hydrogen) atoms. The van der Waals surface area contributed by atoms with E-state index in [1.165, 1.54) is 34.9 Å². The first-order chi connectivity index (χ1) is 8.70. The van der Waals surface area contributed by atoms with Gasteiger partial charge < -0.3 is 11.1 Å². The van der Waals surface area contributed by atoms with E-state index in [9.17, 15) is 0 Å². The summed E-state index contributed by atoms with van der Waals surface area (Å²) in [5.74, 6) is 0.758. The number of hydrogen-bond donors (Lipinski definition) is 2. The lowest BCUT2D eigenvalue weighted by molar-refractivity contribution is 0.280. The van der Waals surface area contributed by atoms with Crippen LogP contribution in [0.2, 0.25) is 0 Å². The lowest BCUT2D eigenvalue weighted by Gasteiger charge is -2.32. The van der Waals surface area contributed by atoms with Gasteiger partial charge in [0.05, 0.1) is 0 Å².